The molecule has 0 fully saturated rings. The lowest BCUT2D eigenvalue weighted by Crippen LogP contribution is -2.27. The summed E-state index contributed by atoms with van der Waals surface area (Å²) >= 11 is 0. The molecule has 1 rings (SSSR count). The Kier molecular flexibility index (Phi) is 6.89. The molecule has 0 aliphatic heterocycles. The predicted molar refractivity (Wildman–Crippen MR) is 79.5 cm³/mol. The second-order valence-corrected chi connectivity index (χ2v) is 5.44. The zero-order valence-electron chi connectivity index (χ0n) is 12.5. The molecule has 0 radical (unpaired) electrons. The summed E-state index contributed by atoms with van der Waals surface area (Å²) in [4.78, 5) is 0. The molecule has 1 aromatic carbocycles. The molecule has 108 valence electrons. The molecule has 3 heteroatoms. The number of hydrogen-bond donors (Lipinski definition) is 2. The van der Waals surface area contributed by atoms with Crippen molar-refractivity contribution >= 4 is 0 Å². The Bertz CT molecular complexity index is 346. The highest BCUT2D eigenvalue weighted by Crippen LogP contribution is 2.23. The van der Waals surface area contributed by atoms with Crippen molar-refractivity contribution in [3.8, 4) is 5.75 Å². The third kappa shape index (κ3) is 5.62. The Labute approximate surface area is 117 Å². The number of aliphatic hydroxyl groups is 1. The molecule has 0 aromatic heterocycles. The number of nitrogens with one attached hydrogen (secondary N) is 1. The van der Waals surface area contributed by atoms with Gasteiger partial charge in [0.05, 0.1) is 13.2 Å². The highest BCUT2D eigenvalue weighted by molar-refractivity contribution is 5.29. The van der Waals surface area contributed by atoms with Crippen LogP contribution in [0.4, 0.5) is 0 Å². The normalized spacial score (nSPS) is 14.4. The standard InChI is InChI=1S/C16H27NO2/c1-12(2)16(17-11-5-6-13(3)18)14-7-9-15(19-4)10-8-14/h7-10,12-13,16-18H,5-6,11H2,1-4H3/t13-,16-/m1/s1. The number of ether oxygens (including phenoxy) is 1. The molecule has 0 saturated carbocycles. The van der Waals surface area contributed by atoms with Gasteiger partial charge in [0.25, 0.3) is 0 Å². The Balaban J connectivity index is 2.56. The number of rotatable bonds is 8. The van der Waals surface area contributed by atoms with Gasteiger partial charge in [-0.3, -0.25) is 0 Å². The van der Waals surface area contributed by atoms with Crippen LogP contribution < -0.4 is 10.1 Å². The summed E-state index contributed by atoms with van der Waals surface area (Å²) in [6.45, 7) is 7.20. The minimum atomic E-state index is -0.208. The van der Waals surface area contributed by atoms with E-state index in [9.17, 15) is 5.11 Å². The highest BCUT2D eigenvalue weighted by atomic mass is 16.5. The van der Waals surface area contributed by atoms with Gasteiger partial charge in [-0.1, -0.05) is 26.0 Å². The van der Waals surface area contributed by atoms with Crippen LogP contribution in [0, 0.1) is 5.92 Å². The Morgan fingerprint density at radius 2 is 1.79 bits per heavy atom. The van der Waals surface area contributed by atoms with Crippen LogP contribution in [0.15, 0.2) is 24.3 Å². The topological polar surface area (TPSA) is 41.5 Å². The van der Waals surface area contributed by atoms with Crippen LogP contribution in [0.5, 0.6) is 5.75 Å². The number of methoxy groups -OCH3 is 1. The van der Waals surface area contributed by atoms with Gasteiger partial charge in [-0.15, -0.1) is 0 Å². The molecule has 0 amide bonds. The van der Waals surface area contributed by atoms with E-state index in [1.54, 1.807) is 7.11 Å². The average molecular weight is 265 g/mol. The number of hydrogen-bond acceptors (Lipinski definition) is 3. The van der Waals surface area contributed by atoms with Crippen LogP contribution >= 0.6 is 0 Å². The summed E-state index contributed by atoms with van der Waals surface area (Å²) in [6.07, 6.45) is 1.64. The van der Waals surface area contributed by atoms with Crippen LogP contribution in [0.25, 0.3) is 0 Å². The van der Waals surface area contributed by atoms with Crippen LogP contribution in [0.3, 0.4) is 0 Å². The van der Waals surface area contributed by atoms with Crippen molar-refractivity contribution in [1.29, 1.82) is 0 Å². The van der Waals surface area contributed by atoms with Crippen molar-refractivity contribution in [3.05, 3.63) is 29.8 Å². The minimum Gasteiger partial charge on any atom is -0.497 e. The number of aliphatic hydroxyl groups excluding tert-OH is 1. The van der Waals surface area contributed by atoms with E-state index in [4.69, 9.17) is 4.74 Å². The molecule has 19 heavy (non-hydrogen) atoms. The predicted octanol–water partition coefficient (Wildman–Crippen LogP) is 3.14. The maximum atomic E-state index is 9.26. The lowest BCUT2D eigenvalue weighted by Gasteiger charge is -2.23. The van der Waals surface area contributed by atoms with Crippen molar-refractivity contribution in [2.45, 2.75) is 45.8 Å². The van der Waals surface area contributed by atoms with Gasteiger partial charge in [-0.2, -0.15) is 0 Å². The lowest BCUT2D eigenvalue weighted by atomic mass is 9.96. The molecule has 0 aliphatic carbocycles. The van der Waals surface area contributed by atoms with Gasteiger partial charge in [0.1, 0.15) is 5.75 Å². The fraction of sp³-hybridized carbons (Fsp3) is 0.625. The van der Waals surface area contributed by atoms with Gasteiger partial charge >= 0.3 is 0 Å². The van der Waals surface area contributed by atoms with Crippen molar-refractivity contribution in [3.63, 3.8) is 0 Å². The summed E-state index contributed by atoms with van der Waals surface area (Å²) < 4.78 is 5.19. The first-order valence-corrected chi connectivity index (χ1v) is 7.10. The van der Waals surface area contributed by atoms with Gasteiger partial charge in [0.15, 0.2) is 0 Å². The summed E-state index contributed by atoms with van der Waals surface area (Å²) in [6, 6.07) is 8.58. The SMILES string of the molecule is COc1ccc([C@H](NCCC[C@@H](C)O)C(C)C)cc1. The zero-order chi connectivity index (χ0) is 14.3. The minimum absolute atomic E-state index is 0.208. The smallest absolute Gasteiger partial charge is 0.118 e. The van der Waals surface area contributed by atoms with E-state index in [0.717, 1.165) is 25.1 Å². The molecule has 0 spiro atoms. The van der Waals surface area contributed by atoms with Crippen LogP contribution in [-0.2, 0) is 0 Å². The Hall–Kier alpha value is -1.06. The summed E-state index contributed by atoms with van der Waals surface area (Å²) in [5, 5.41) is 12.8. The zero-order valence-corrected chi connectivity index (χ0v) is 12.5. The highest BCUT2D eigenvalue weighted by Gasteiger charge is 2.14. The molecular weight excluding hydrogens is 238 g/mol. The molecule has 1 aromatic rings. The van der Waals surface area contributed by atoms with E-state index < -0.39 is 0 Å². The monoisotopic (exact) mass is 265 g/mol. The fourth-order valence-electron chi connectivity index (χ4n) is 2.20. The van der Waals surface area contributed by atoms with E-state index in [1.165, 1.54) is 5.56 Å². The molecule has 3 nitrogen and oxygen atoms in total. The second kappa shape index (κ2) is 8.18. The first-order chi connectivity index (χ1) is 9.04. The maximum absolute atomic E-state index is 9.26. The van der Waals surface area contributed by atoms with Gasteiger partial charge in [-0.05, 0) is 49.9 Å². The van der Waals surface area contributed by atoms with Gasteiger partial charge in [-0.25, -0.2) is 0 Å². The molecule has 0 saturated heterocycles. The van der Waals surface area contributed by atoms with E-state index in [1.807, 2.05) is 19.1 Å². The van der Waals surface area contributed by atoms with E-state index >= 15 is 0 Å². The third-order valence-electron chi connectivity index (χ3n) is 3.30. The summed E-state index contributed by atoms with van der Waals surface area (Å²) in [5.41, 5.74) is 1.29. The van der Waals surface area contributed by atoms with Crippen molar-refractivity contribution in [2.24, 2.45) is 5.92 Å². The largest absolute Gasteiger partial charge is 0.497 e. The second-order valence-electron chi connectivity index (χ2n) is 5.44. The first-order valence-electron chi connectivity index (χ1n) is 7.10. The van der Waals surface area contributed by atoms with Crippen molar-refractivity contribution < 1.29 is 9.84 Å². The average Bonchev–Trinajstić information content (AvgIpc) is 2.38. The lowest BCUT2D eigenvalue weighted by molar-refractivity contribution is 0.180. The Morgan fingerprint density at radius 3 is 2.26 bits per heavy atom. The van der Waals surface area contributed by atoms with Crippen molar-refractivity contribution in [2.75, 3.05) is 13.7 Å². The van der Waals surface area contributed by atoms with E-state index in [2.05, 4.69) is 31.3 Å². The van der Waals surface area contributed by atoms with Crippen LogP contribution in [0.1, 0.15) is 45.2 Å². The van der Waals surface area contributed by atoms with Crippen LogP contribution in [0.2, 0.25) is 0 Å². The summed E-state index contributed by atoms with van der Waals surface area (Å²) in [7, 11) is 1.68. The fourth-order valence-corrected chi connectivity index (χ4v) is 2.20. The van der Waals surface area contributed by atoms with Crippen LogP contribution in [-0.4, -0.2) is 24.9 Å². The molecule has 2 N–H and O–H groups in total. The van der Waals surface area contributed by atoms with E-state index in [-0.39, 0.29) is 6.10 Å². The quantitative estimate of drug-likeness (QED) is 0.710. The number of benzene rings is 1. The van der Waals surface area contributed by atoms with Gasteiger partial charge in [0, 0.05) is 6.04 Å². The first kappa shape index (κ1) is 16.0. The van der Waals surface area contributed by atoms with Crippen molar-refractivity contribution in [1.82, 2.24) is 5.32 Å². The summed E-state index contributed by atoms with van der Waals surface area (Å²) in [5.74, 6) is 1.42. The molecule has 2 atom stereocenters. The molecule has 0 unspecified atom stereocenters. The third-order valence-corrected chi connectivity index (χ3v) is 3.30. The van der Waals surface area contributed by atoms with E-state index in [0.29, 0.717) is 12.0 Å². The van der Waals surface area contributed by atoms with Gasteiger partial charge in [0.2, 0.25) is 0 Å². The Morgan fingerprint density at radius 1 is 1.16 bits per heavy atom. The molecule has 0 heterocycles. The van der Waals surface area contributed by atoms with Gasteiger partial charge < -0.3 is 15.2 Å². The molecule has 0 aliphatic rings. The molecular formula is C16H27NO2. The maximum Gasteiger partial charge on any atom is 0.118 e. The molecule has 0 bridgehead atoms.